The summed E-state index contributed by atoms with van der Waals surface area (Å²) in [5.74, 6) is 0.417. The summed E-state index contributed by atoms with van der Waals surface area (Å²) in [4.78, 5) is 4.42. The Kier molecular flexibility index (Phi) is 7.67. The molecule has 0 unspecified atom stereocenters. The molecular formula is C18H28N4O2S2. The van der Waals surface area contributed by atoms with Gasteiger partial charge in [-0.15, -0.1) is 0 Å². The summed E-state index contributed by atoms with van der Waals surface area (Å²) in [7, 11) is -3.21. The van der Waals surface area contributed by atoms with Crippen LogP contribution in [0.5, 0.6) is 0 Å². The van der Waals surface area contributed by atoms with Gasteiger partial charge >= 0.3 is 0 Å². The van der Waals surface area contributed by atoms with Crippen LogP contribution in [0.3, 0.4) is 0 Å². The first-order chi connectivity index (χ1) is 12.3. The van der Waals surface area contributed by atoms with E-state index in [1.54, 1.807) is 13.8 Å². The van der Waals surface area contributed by atoms with Gasteiger partial charge < -0.3 is 5.73 Å². The highest BCUT2D eigenvalue weighted by Crippen LogP contribution is 2.25. The topological polar surface area (TPSA) is 108 Å². The molecule has 6 nitrogen and oxygen atoms in total. The molecule has 1 aromatic carbocycles. The summed E-state index contributed by atoms with van der Waals surface area (Å²) in [6.07, 6.45) is 3.53. The van der Waals surface area contributed by atoms with Crippen molar-refractivity contribution in [2.75, 3.05) is 6.54 Å². The van der Waals surface area contributed by atoms with Crippen molar-refractivity contribution >= 4 is 32.0 Å². The average molecular weight is 397 g/mol. The first-order valence-electron chi connectivity index (χ1n) is 8.91. The summed E-state index contributed by atoms with van der Waals surface area (Å²) in [5.41, 5.74) is 6.78. The van der Waals surface area contributed by atoms with Crippen LogP contribution < -0.4 is 10.5 Å². The van der Waals surface area contributed by atoms with E-state index in [4.69, 9.17) is 11.1 Å². The van der Waals surface area contributed by atoms with Gasteiger partial charge in [-0.25, -0.2) is 13.1 Å². The number of aliphatic imine (C=N–C) groups is 1. The second kappa shape index (κ2) is 9.53. The van der Waals surface area contributed by atoms with E-state index in [0.717, 1.165) is 31.2 Å². The number of amidine groups is 1. The molecule has 26 heavy (non-hydrogen) atoms. The fourth-order valence-electron chi connectivity index (χ4n) is 2.84. The molecule has 1 aliphatic carbocycles. The molecule has 0 saturated heterocycles. The highest BCUT2D eigenvalue weighted by atomic mass is 32.2. The molecular weight excluding hydrogens is 368 g/mol. The first kappa shape index (κ1) is 20.9. The van der Waals surface area contributed by atoms with Crippen LogP contribution in [0, 0.1) is 11.3 Å². The molecule has 0 aromatic heterocycles. The Bertz CT molecular complexity index is 725. The predicted molar refractivity (Wildman–Crippen MR) is 110 cm³/mol. The fourth-order valence-corrected chi connectivity index (χ4v) is 4.41. The summed E-state index contributed by atoms with van der Waals surface area (Å²) in [5, 5.41) is 8.45. The first-order valence-corrected chi connectivity index (χ1v) is 11.3. The lowest BCUT2D eigenvalue weighted by molar-refractivity contribution is 0.319. The molecule has 8 heteroatoms. The third-order valence-corrected chi connectivity index (χ3v) is 7.23. The Morgan fingerprint density at radius 1 is 1.27 bits per heavy atom. The van der Waals surface area contributed by atoms with Gasteiger partial charge in [0.1, 0.15) is 5.04 Å². The standard InChI is InChI=1S/C18H28N4O2S2/c1-13(2)26(23,24)22-16-10-8-14(9-11-16)12-21-18(20)25-17(19)15-6-4-3-5-7-15/h3-7,13-14,16,19,22H,8-12H2,1-2H3,(H2,20,21). The van der Waals surface area contributed by atoms with Gasteiger partial charge in [0.05, 0.1) is 5.25 Å². The van der Waals surface area contributed by atoms with E-state index in [9.17, 15) is 8.42 Å². The molecule has 144 valence electrons. The van der Waals surface area contributed by atoms with Crippen LogP contribution >= 0.6 is 11.8 Å². The van der Waals surface area contributed by atoms with Crippen molar-refractivity contribution in [2.45, 2.75) is 50.8 Å². The zero-order chi connectivity index (χ0) is 19.2. The number of thioether (sulfide) groups is 1. The van der Waals surface area contributed by atoms with Gasteiger partial charge in [0, 0.05) is 18.2 Å². The number of nitrogens with two attached hydrogens (primary N) is 1. The Morgan fingerprint density at radius 2 is 1.88 bits per heavy atom. The lowest BCUT2D eigenvalue weighted by atomic mass is 9.86. The molecule has 1 fully saturated rings. The van der Waals surface area contributed by atoms with Gasteiger partial charge in [0.2, 0.25) is 10.0 Å². The van der Waals surface area contributed by atoms with Crippen molar-refractivity contribution in [3.63, 3.8) is 0 Å². The Labute approximate surface area is 160 Å². The van der Waals surface area contributed by atoms with Crippen LogP contribution in [0.15, 0.2) is 35.3 Å². The Hall–Kier alpha value is -1.38. The molecule has 0 radical (unpaired) electrons. The normalized spacial score (nSPS) is 21.7. The molecule has 0 aliphatic heterocycles. The minimum absolute atomic E-state index is 0.0283. The largest absolute Gasteiger partial charge is 0.378 e. The van der Waals surface area contributed by atoms with E-state index in [1.165, 1.54) is 11.8 Å². The zero-order valence-electron chi connectivity index (χ0n) is 15.3. The minimum Gasteiger partial charge on any atom is -0.378 e. The summed E-state index contributed by atoms with van der Waals surface area (Å²) in [6.45, 7) is 4.01. The number of nitrogens with one attached hydrogen (secondary N) is 2. The summed E-state index contributed by atoms with van der Waals surface area (Å²) < 4.78 is 26.7. The third kappa shape index (κ3) is 6.41. The quantitative estimate of drug-likeness (QED) is 0.507. The van der Waals surface area contributed by atoms with Crippen molar-refractivity contribution in [3.8, 4) is 0 Å². The molecule has 1 saturated carbocycles. The van der Waals surface area contributed by atoms with E-state index in [1.807, 2.05) is 30.3 Å². The number of nitrogens with zero attached hydrogens (tertiary/aromatic N) is 1. The Balaban J connectivity index is 1.77. The molecule has 0 atom stereocenters. The number of rotatable bonds is 6. The molecule has 4 N–H and O–H groups in total. The van der Waals surface area contributed by atoms with Crippen LogP contribution in [0.1, 0.15) is 45.1 Å². The van der Waals surface area contributed by atoms with Crippen LogP contribution in [-0.2, 0) is 10.0 Å². The van der Waals surface area contributed by atoms with Crippen LogP contribution in [0.2, 0.25) is 0 Å². The minimum atomic E-state index is -3.21. The van der Waals surface area contributed by atoms with Crippen LogP contribution in [0.25, 0.3) is 0 Å². The van der Waals surface area contributed by atoms with Crippen molar-refractivity contribution in [3.05, 3.63) is 35.9 Å². The van der Waals surface area contributed by atoms with E-state index >= 15 is 0 Å². The van der Waals surface area contributed by atoms with Gasteiger partial charge in [-0.05, 0) is 57.2 Å². The summed E-state index contributed by atoms with van der Waals surface area (Å²) in [6, 6.07) is 9.48. The lowest BCUT2D eigenvalue weighted by Crippen LogP contribution is -2.41. The molecule has 1 aromatic rings. The molecule has 1 aliphatic rings. The van der Waals surface area contributed by atoms with E-state index < -0.39 is 15.3 Å². The zero-order valence-corrected chi connectivity index (χ0v) is 16.9. The second-order valence-electron chi connectivity index (χ2n) is 6.91. The van der Waals surface area contributed by atoms with E-state index in [-0.39, 0.29) is 6.04 Å². The second-order valence-corrected chi connectivity index (χ2v) is 10.2. The Morgan fingerprint density at radius 3 is 2.46 bits per heavy atom. The smallest absolute Gasteiger partial charge is 0.214 e. The van der Waals surface area contributed by atoms with Gasteiger partial charge in [0.15, 0.2) is 5.17 Å². The van der Waals surface area contributed by atoms with Gasteiger partial charge in [-0.3, -0.25) is 10.4 Å². The SMILES string of the molecule is CC(C)S(=O)(=O)NC1CCC(CN=C(N)SC(=N)c2ccccc2)CC1. The molecule has 0 bridgehead atoms. The van der Waals surface area contributed by atoms with E-state index in [0.29, 0.717) is 22.7 Å². The number of hydrogen-bond acceptors (Lipinski definition) is 5. The predicted octanol–water partition coefficient (Wildman–Crippen LogP) is 2.95. The lowest BCUT2D eigenvalue weighted by Gasteiger charge is -2.28. The molecule has 0 amide bonds. The maximum atomic E-state index is 11.9. The monoisotopic (exact) mass is 396 g/mol. The maximum Gasteiger partial charge on any atom is 0.214 e. The number of hydrogen-bond donors (Lipinski definition) is 3. The van der Waals surface area contributed by atoms with Crippen molar-refractivity contribution in [1.82, 2.24) is 4.72 Å². The van der Waals surface area contributed by atoms with Crippen LogP contribution in [0.4, 0.5) is 0 Å². The summed E-state index contributed by atoms with van der Waals surface area (Å²) >= 11 is 1.17. The van der Waals surface area contributed by atoms with Crippen LogP contribution in [-0.4, -0.2) is 36.5 Å². The van der Waals surface area contributed by atoms with E-state index in [2.05, 4.69) is 9.71 Å². The average Bonchev–Trinajstić information content (AvgIpc) is 2.61. The molecule has 0 heterocycles. The van der Waals surface area contributed by atoms with Crippen molar-refractivity contribution in [2.24, 2.45) is 16.6 Å². The molecule has 2 rings (SSSR count). The van der Waals surface area contributed by atoms with Gasteiger partial charge in [0.25, 0.3) is 0 Å². The van der Waals surface area contributed by atoms with Gasteiger partial charge in [-0.1, -0.05) is 30.3 Å². The molecule has 0 spiro atoms. The number of benzene rings is 1. The fraction of sp³-hybridized carbons (Fsp3) is 0.556. The highest BCUT2D eigenvalue weighted by molar-refractivity contribution is 8.26. The van der Waals surface area contributed by atoms with Gasteiger partial charge in [-0.2, -0.15) is 0 Å². The highest BCUT2D eigenvalue weighted by Gasteiger charge is 2.26. The maximum absolute atomic E-state index is 11.9. The third-order valence-electron chi connectivity index (χ3n) is 4.55. The van der Waals surface area contributed by atoms with Crippen molar-refractivity contribution in [1.29, 1.82) is 5.41 Å². The number of sulfonamides is 1. The van der Waals surface area contributed by atoms with Crippen molar-refractivity contribution < 1.29 is 8.42 Å².